The topological polar surface area (TPSA) is 46.6 Å². The van der Waals surface area contributed by atoms with Crippen LogP contribution in [0.2, 0.25) is 5.02 Å². The van der Waals surface area contributed by atoms with E-state index in [9.17, 15) is 14.0 Å². The highest BCUT2D eigenvalue weighted by molar-refractivity contribution is 6.31. The Morgan fingerprint density at radius 3 is 2.43 bits per heavy atom. The van der Waals surface area contributed by atoms with E-state index < -0.39 is 17.5 Å². The third kappa shape index (κ3) is 3.94. The number of ether oxygens (including phenoxy) is 1. The normalized spacial score (nSPS) is 15.6. The number of likely N-dealkylation sites (tertiary alicyclic amines) is 1. The third-order valence-corrected chi connectivity index (χ3v) is 3.27. The summed E-state index contributed by atoms with van der Waals surface area (Å²) in [6, 6.07) is 3.74. The van der Waals surface area contributed by atoms with Crippen molar-refractivity contribution in [1.82, 2.24) is 4.90 Å². The molecule has 0 atom stereocenters. The number of carbonyl (C=O) groups is 2. The van der Waals surface area contributed by atoms with Gasteiger partial charge in [-0.15, -0.1) is 0 Å². The smallest absolute Gasteiger partial charge is 0.410 e. The van der Waals surface area contributed by atoms with Crippen LogP contribution in [0, 0.1) is 11.7 Å². The Bertz CT molecular complexity index is 557. The van der Waals surface area contributed by atoms with E-state index in [4.69, 9.17) is 16.3 Å². The lowest BCUT2D eigenvalue weighted by Crippen LogP contribution is -2.54. The second-order valence-corrected chi connectivity index (χ2v) is 6.54. The van der Waals surface area contributed by atoms with Gasteiger partial charge in [0.05, 0.1) is 5.92 Å². The predicted molar refractivity (Wildman–Crippen MR) is 77.0 cm³/mol. The summed E-state index contributed by atoms with van der Waals surface area (Å²) in [6.07, 6.45) is -0.441. The van der Waals surface area contributed by atoms with Crippen molar-refractivity contribution in [3.63, 3.8) is 0 Å². The van der Waals surface area contributed by atoms with Gasteiger partial charge in [-0.05, 0) is 39.0 Å². The van der Waals surface area contributed by atoms with Crippen molar-refractivity contribution >= 4 is 23.5 Å². The first-order valence-electron chi connectivity index (χ1n) is 6.64. The molecular formula is C15H17ClFNO3. The van der Waals surface area contributed by atoms with Crippen molar-refractivity contribution < 1.29 is 18.7 Å². The molecule has 2 rings (SSSR count). The lowest BCUT2D eigenvalue weighted by molar-refractivity contribution is 0.00148. The number of nitrogens with zero attached hydrogens (tertiary/aromatic N) is 1. The highest BCUT2D eigenvalue weighted by atomic mass is 35.5. The number of hydrogen-bond donors (Lipinski definition) is 0. The van der Waals surface area contributed by atoms with Crippen LogP contribution in [0.25, 0.3) is 0 Å². The summed E-state index contributed by atoms with van der Waals surface area (Å²) >= 11 is 5.74. The summed E-state index contributed by atoms with van der Waals surface area (Å²) in [7, 11) is 0. The standard InChI is InChI=1S/C15H17ClFNO3/c1-15(2,3)21-14(20)18-7-10(8-18)13(19)9-4-11(16)6-12(17)5-9/h4-6,10H,7-8H2,1-3H3. The molecule has 0 saturated carbocycles. The van der Waals surface area contributed by atoms with Crippen LogP contribution in [0.5, 0.6) is 0 Å². The third-order valence-electron chi connectivity index (χ3n) is 3.05. The van der Waals surface area contributed by atoms with E-state index in [1.807, 2.05) is 0 Å². The minimum absolute atomic E-state index is 0.182. The van der Waals surface area contributed by atoms with Gasteiger partial charge >= 0.3 is 6.09 Å². The molecular weight excluding hydrogens is 297 g/mol. The largest absolute Gasteiger partial charge is 0.444 e. The van der Waals surface area contributed by atoms with Gasteiger partial charge in [0.25, 0.3) is 0 Å². The molecule has 1 aromatic carbocycles. The average Bonchev–Trinajstić information content (AvgIpc) is 2.22. The van der Waals surface area contributed by atoms with Crippen LogP contribution >= 0.6 is 11.6 Å². The zero-order valence-corrected chi connectivity index (χ0v) is 12.9. The van der Waals surface area contributed by atoms with Gasteiger partial charge in [-0.25, -0.2) is 9.18 Å². The number of rotatable bonds is 2. The van der Waals surface area contributed by atoms with Gasteiger partial charge in [-0.1, -0.05) is 11.6 Å². The van der Waals surface area contributed by atoms with Crippen molar-refractivity contribution in [2.24, 2.45) is 5.92 Å². The number of ketones is 1. The molecule has 0 spiro atoms. The van der Waals surface area contributed by atoms with Crippen LogP contribution in [0.3, 0.4) is 0 Å². The van der Waals surface area contributed by atoms with Crippen molar-refractivity contribution in [3.05, 3.63) is 34.6 Å². The number of amides is 1. The molecule has 1 aliphatic heterocycles. The van der Waals surface area contributed by atoms with Gasteiger partial charge in [0.15, 0.2) is 5.78 Å². The van der Waals surface area contributed by atoms with E-state index in [1.165, 1.54) is 11.0 Å². The molecule has 0 bridgehead atoms. The number of hydrogen-bond acceptors (Lipinski definition) is 3. The summed E-state index contributed by atoms with van der Waals surface area (Å²) in [4.78, 5) is 25.4. The summed E-state index contributed by atoms with van der Waals surface area (Å²) in [5, 5.41) is 0.182. The molecule has 0 radical (unpaired) electrons. The molecule has 0 unspecified atom stereocenters. The molecule has 0 N–H and O–H groups in total. The fourth-order valence-electron chi connectivity index (χ4n) is 2.05. The Morgan fingerprint density at radius 2 is 1.90 bits per heavy atom. The van der Waals surface area contributed by atoms with Crippen molar-refractivity contribution in [2.45, 2.75) is 26.4 Å². The van der Waals surface area contributed by atoms with Crippen LogP contribution < -0.4 is 0 Å². The Balaban J connectivity index is 1.95. The second kappa shape index (κ2) is 5.64. The van der Waals surface area contributed by atoms with Gasteiger partial charge < -0.3 is 9.64 Å². The van der Waals surface area contributed by atoms with Crippen molar-refractivity contribution in [2.75, 3.05) is 13.1 Å². The second-order valence-electron chi connectivity index (χ2n) is 6.10. The molecule has 1 aliphatic rings. The molecule has 114 valence electrons. The lowest BCUT2D eigenvalue weighted by atomic mass is 9.91. The van der Waals surface area contributed by atoms with E-state index in [0.717, 1.165) is 12.1 Å². The molecule has 1 fully saturated rings. The monoisotopic (exact) mass is 313 g/mol. The summed E-state index contributed by atoms with van der Waals surface area (Å²) in [5.74, 6) is -1.10. The van der Waals surface area contributed by atoms with Crippen LogP contribution in [0.4, 0.5) is 9.18 Å². The maximum absolute atomic E-state index is 13.2. The minimum Gasteiger partial charge on any atom is -0.444 e. The summed E-state index contributed by atoms with van der Waals surface area (Å²) in [6.45, 7) is 5.90. The van der Waals surface area contributed by atoms with Crippen LogP contribution in [0.15, 0.2) is 18.2 Å². The first kappa shape index (κ1) is 15.8. The highest BCUT2D eigenvalue weighted by Gasteiger charge is 2.38. The van der Waals surface area contributed by atoms with Crippen molar-refractivity contribution in [3.8, 4) is 0 Å². The van der Waals surface area contributed by atoms with Gasteiger partial charge in [0.2, 0.25) is 0 Å². The van der Waals surface area contributed by atoms with Gasteiger partial charge in [-0.2, -0.15) is 0 Å². The number of halogens is 2. The number of Topliss-reactive ketones (excluding diaryl/α,β-unsaturated/α-hetero) is 1. The Morgan fingerprint density at radius 1 is 1.29 bits per heavy atom. The first-order valence-corrected chi connectivity index (χ1v) is 7.02. The zero-order valence-electron chi connectivity index (χ0n) is 12.2. The fraction of sp³-hybridized carbons (Fsp3) is 0.467. The predicted octanol–water partition coefficient (Wildman–Crippen LogP) is 3.53. The molecule has 1 heterocycles. The minimum atomic E-state index is -0.567. The maximum Gasteiger partial charge on any atom is 0.410 e. The molecule has 21 heavy (non-hydrogen) atoms. The van der Waals surface area contributed by atoms with Gasteiger partial charge in [0.1, 0.15) is 11.4 Å². The molecule has 1 aromatic rings. The number of benzene rings is 1. The molecule has 0 aliphatic carbocycles. The Labute approximate surface area is 127 Å². The molecule has 0 aromatic heterocycles. The SMILES string of the molecule is CC(C)(C)OC(=O)N1CC(C(=O)c2cc(F)cc(Cl)c2)C1. The summed E-state index contributed by atoms with van der Waals surface area (Å²) in [5.41, 5.74) is -0.337. The number of carbonyl (C=O) groups excluding carboxylic acids is 2. The van der Waals surface area contributed by atoms with Gasteiger partial charge in [0, 0.05) is 23.7 Å². The van der Waals surface area contributed by atoms with E-state index in [-0.39, 0.29) is 35.4 Å². The first-order chi connectivity index (χ1) is 9.65. The quantitative estimate of drug-likeness (QED) is 0.785. The van der Waals surface area contributed by atoms with E-state index in [1.54, 1.807) is 20.8 Å². The Kier molecular flexibility index (Phi) is 4.23. The van der Waals surface area contributed by atoms with Crippen LogP contribution in [-0.4, -0.2) is 35.5 Å². The fourth-order valence-corrected chi connectivity index (χ4v) is 2.27. The molecule has 4 nitrogen and oxygen atoms in total. The lowest BCUT2D eigenvalue weighted by Gasteiger charge is -2.38. The molecule has 1 amide bonds. The molecule has 1 saturated heterocycles. The Hall–Kier alpha value is -1.62. The zero-order chi connectivity index (χ0) is 15.8. The van der Waals surface area contributed by atoms with E-state index >= 15 is 0 Å². The molecule has 6 heteroatoms. The van der Waals surface area contributed by atoms with Gasteiger partial charge in [-0.3, -0.25) is 4.79 Å². The summed E-state index contributed by atoms with van der Waals surface area (Å²) < 4.78 is 18.5. The van der Waals surface area contributed by atoms with Crippen LogP contribution in [-0.2, 0) is 4.74 Å². The van der Waals surface area contributed by atoms with E-state index in [2.05, 4.69) is 0 Å². The highest BCUT2D eigenvalue weighted by Crippen LogP contribution is 2.24. The maximum atomic E-state index is 13.2. The van der Waals surface area contributed by atoms with E-state index in [0.29, 0.717) is 0 Å². The average molecular weight is 314 g/mol. The van der Waals surface area contributed by atoms with Crippen LogP contribution in [0.1, 0.15) is 31.1 Å². The van der Waals surface area contributed by atoms with Crippen molar-refractivity contribution in [1.29, 1.82) is 0 Å².